The largest absolute Gasteiger partial charge is 0.445 e. The van der Waals surface area contributed by atoms with E-state index in [1.165, 1.54) is 6.07 Å². The second-order valence-electron chi connectivity index (χ2n) is 8.11. The number of hydrogen-bond acceptors (Lipinski definition) is 6. The van der Waals surface area contributed by atoms with Crippen molar-refractivity contribution in [1.29, 1.82) is 0 Å². The van der Waals surface area contributed by atoms with Gasteiger partial charge in [-0.25, -0.2) is 9.59 Å². The fourth-order valence-corrected chi connectivity index (χ4v) is 3.96. The molecular formula is C25H25NO6. The fraction of sp³-hybridized carbons (Fsp3) is 0.320. The van der Waals surface area contributed by atoms with Crippen LogP contribution in [0.5, 0.6) is 5.75 Å². The van der Waals surface area contributed by atoms with Gasteiger partial charge in [-0.2, -0.15) is 0 Å². The molecule has 0 aliphatic carbocycles. The van der Waals surface area contributed by atoms with Gasteiger partial charge in [0.15, 0.2) is 0 Å². The minimum atomic E-state index is -0.440. The van der Waals surface area contributed by atoms with Crippen molar-refractivity contribution in [2.75, 3.05) is 13.1 Å². The molecule has 0 bridgehead atoms. The molecule has 1 fully saturated rings. The van der Waals surface area contributed by atoms with Gasteiger partial charge in [0.2, 0.25) is 0 Å². The normalized spacial score (nSPS) is 14.4. The Labute approximate surface area is 185 Å². The van der Waals surface area contributed by atoms with Crippen molar-refractivity contribution in [3.8, 4) is 5.75 Å². The van der Waals surface area contributed by atoms with Gasteiger partial charge in [0.25, 0.3) is 0 Å². The van der Waals surface area contributed by atoms with E-state index in [1.54, 1.807) is 24.0 Å². The Bertz CT molecular complexity index is 1190. The average Bonchev–Trinajstić information content (AvgIpc) is 2.77. The zero-order valence-electron chi connectivity index (χ0n) is 18.1. The number of nitrogens with zero attached hydrogens (tertiary/aromatic N) is 1. The zero-order chi connectivity index (χ0) is 22.7. The summed E-state index contributed by atoms with van der Waals surface area (Å²) in [5.41, 5.74) is 2.40. The number of fused-ring (bicyclic) bond motifs is 1. The van der Waals surface area contributed by atoms with E-state index in [9.17, 15) is 14.4 Å². The molecule has 7 nitrogen and oxygen atoms in total. The number of benzene rings is 2. The van der Waals surface area contributed by atoms with E-state index < -0.39 is 5.63 Å². The van der Waals surface area contributed by atoms with Crippen molar-refractivity contribution in [1.82, 2.24) is 4.90 Å². The second kappa shape index (κ2) is 9.26. The summed E-state index contributed by atoms with van der Waals surface area (Å²) < 4.78 is 16.4. The van der Waals surface area contributed by atoms with Crippen LogP contribution in [0.1, 0.15) is 29.5 Å². The molecule has 0 unspecified atom stereocenters. The molecule has 32 heavy (non-hydrogen) atoms. The van der Waals surface area contributed by atoms with E-state index in [0.29, 0.717) is 48.2 Å². The summed E-state index contributed by atoms with van der Waals surface area (Å²) in [6.07, 6.45) is 0.616. The van der Waals surface area contributed by atoms with Crippen LogP contribution < -0.4 is 10.4 Å². The molecule has 0 saturated carbocycles. The Balaban J connectivity index is 1.37. The van der Waals surface area contributed by atoms with E-state index in [2.05, 4.69) is 0 Å². The maximum atomic E-state index is 12.8. The molecule has 1 saturated heterocycles. The molecule has 1 amide bonds. The molecule has 7 heteroatoms. The highest BCUT2D eigenvalue weighted by Gasteiger charge is 2.30. The van der Waals surface area contributed by atoms with Gasteiger partial charge in [0.1, 0.15) is 17.9 Å². The monoisotopic (exact) mass is 435 g/mol. The Morgan fingerprint density at radius 1 is 1.06 bits per heavy atom. The lowest BCUT2D eigenvalue weighted by Crippen LogP contribution is -2.41. The number of carbonyl (C=O) groups excluding carboxylic acids is 2. The van der Waals surface area contributed by atoms with Gasteiger partial charge in [0, 0.05) is 19.2 Å². The summed E-state index contributed by atoms with van der Waals surface area (Å²) in [6, 6.07) is 14.4. The fourth-order valence-electron chi connectivity index (χ4n) is 3.96. The number of likely N-dealkylation sites (tertiary alicyclic amines) is 1. The molecule has 1 aliphatic rings. The van der Waals surface area contributed by atoms with Crippen LogP contribution in [0.4, 0.5) is 4.79 Å². The first-order valence-electron chi connectivity index (χ1n) is 10.6. The molecule has 166 valence electrons. The van der Waals surface area contributed by atoms with Crippen molar-refractivity contribution in [2.24, 2.45) is 5.92 Å². The van der Waals surface area contributed by atoms with Crippen LogP contribution in [0, 0.1) is 19.8 Å². The third-order valence-corrected chi connectivity index (χ3v) is 5.65. The molecular weight excluding hydrogens is 410 g/mol. The van der Waals surface area contributed by atoms with Gasteiger partial charge in [0.05, 0.1) is 11.3 Å². The molecule has 1 aliphatic heterocycles. The van der Waals surface area contributed by atoms with E-state index in [0.717, 1.165) is 11.1 Å². The Morgan fingerprint density at radius 2 is 1.78 bits per heavy atom. The lowest BCUT2D eigenvalue weighted by Gasteiger charge is -2.30. The van der Waals surface area contributed by atoms with Crippen molar-refractivity contribution in [3.05, 3.63) is 75.6 Å². The summed E-state index contributed by atoms with van der Waals surface area (Å²) in [5.74, 6) is -0.282. The number of esters is 1. The van der Waals surface area contributed by atoms with Crippen LogP contribution in [0.15, 0.2) is 57.7 Å². The number of hydrogen-bond donors (Lipinski definition) is 0. The predicted molar refractivity (Wildman–Crippen MR) is 119 cm³/mol. The first-order valence-corrected chi connectivity index (χ1v) is 10.6. The van der Waals surface area contributed by atoms with Crippen molar-refractivity contribution >= 4 is 23.0 Å². The third kappa shape index (κ3) is 4.82. The van der Waals surface area contributed by atoms with E-state index in [4.69, 9.17) is 13.9 Å². The topological polar surface area (TPSA) is 86.0 Å². The summed E-state index contributed by atoms with van der Waals surface area (Å²) in [4.78, 5) is 38.5. The van der Waals surface area contributed by atoms with Gasteiger partial charge < -0.3 is 18.8 Å². The second-order valence-corrected chi connectivity index (χ2v) is 8.11. The number of rotatable bonds is 4. The molecule has 4 rings (SSSR count). The van der Waals surface area contributed by atoms with Crippen LogP contribution in [0.3, 0.4) is 0 Å². The number of aryl methyl sites for hydroxylation is 2. The van der Waals surface area contributed by atoms with Crippen LogP contribution in [0.2, 0.25) is 0 Å². The maximum Gasteiger partial charge on any atom is 0.410 e. The molecule has 2 heterocycles. The van der Waals surface area contributed by atoms with Crippen molar-refractivity contribution < 1.29 is 23.5 Å². The standard InChI is InChI=1S/C25H25NO6/c1-16-12-20-23(17(2)14-22(27)31-20)21(13-16)32-24(28)19-8-10-26(11-9-19)25(29)30-15-18-6-4-3-5-7-18/h3-7,12-14,19H,8-11,15H2,1-2H3. The number of carbonyl (C=O) groups is 2. The van der Waals surface area contributed by atoms with Crippen LogP contribution >= 0.6 is 0 Å². The number of amides is 1. The van der Waals surface area contributed by atoms with Crippen LogP contribution in [-0.4, -0.2) is 30.1 Å². The van der Waals surface area contributed by atoms with Crippen molar-refractivity contribution in [3.63, 3.8) is 0 Å². The highest BCUT2D eigenvalue weighted by molar-refractivity contribution is 5.90. The van der Waals surface area contributed by atoms with E-state index >= 15 is 0 Å². The number of piperidine rings is 1. The number of ether oxygens (including phenoxy) is 2. The van der Waals surface area contributed by atoms with Gasteiger partial charge >= 0.3 is 17.7 Å². The Hall–Kier alpha value is -3.61. The van der Waals surface area contributed by atoms with Gasteiger partial charge in [-0.15, -0.1) is 0 Å². The molecule has 0 atom stereocenters. The SMILES string of the molecule is Cc1cc(OC(=O)C2CCN(C(=O)OCc3ccccc3)CC2)c2c(C)cc(=O)oc2c1. The first kappa shape index (κ1) is 21.6. The van der Waals surface area contributed by atoms with E-state index in [1.807, 2.05) is 37.3 Å². The maximum absolute atomic E-state index is 12.8. The minimum Gasteiger partial charge on any atom is -0.445 e. The molecule has 2 aromatic carbocycles. The molecule has 0 N–H and O–H groups in total. The van der Waals surface area contributed by atoms with Gasteiger partial charge in [-0.1, -0.05) is 30.3 Å². The lowest BCUT2D eigenvalue weighted by molar-refractivity contribution is -0.140. The summed E-state index contributed by atoms with van der Waals surface area (Å²) in [7, 11) is 0. The van der Waals surface area contributed by atoms with Gasteiger partial charge in [-0.3, -0.25) is 4.79 Å². The molecule has 3 aromatic rings. The molecule has 1 aromatic heterocycles. The predicted octanol–water partition coefficient (Wildman–Crippen LogP) is 4.36. The highest BCUT2D eigenvalue weighted by atomic mass is 16.6. The quantitative estimate of drug-likeness (QED) is 0.344. The Morgan fingerprint density at radius 3 is 2.50 bits per heavy atom. The third-order valence-electron chi connectivity index (χ3n) is 5.65. The van der Waals surface area contributed by atoms with Gasteiger partial charge in [-0.05, 0) is 55.5 Å². The van der Waals surface area contributed by atoms with Crippen LogP contribution in [-0.2, 0) is 16.1 Å². The first-order chi connectivity index (χ1) is 15.4. The summed E-state index contributed by atoms with van der Waals surface area (Å²) in [6.45, 7) is 4.70. The average molecular weight is 435 g/mol. The van der Waals surface area contributed by atoms with E-state index in [-0.39, 0.29) is 24.6 Å². The Kier molecular flexibility index (Phi) is 6.25. The van der Waals surface area contributed by atoms with Crippen molar-refractivity contribution in [2.45, 2.75) is 33.3 Å². The molecule has 0 radical (unpaired) electrons. The lowest BCUT2D eigenvalue weighted by atomic mass is 9.97. The zero-order valence-corrected chi connectivity index (χ0v) is 18.1. The summed E-state index contributed by atoms with van der Waals surface area (Å²) >= 11 is 0. The smallest absolute Gasteiger partial charge is 0.410 e. The molecule has 0 spiro atoms. The minimum absolute atomic E-state index is 0.220. The van der Waals surface area contributed by atoms with Crippen LogP contribution in [0.25, 0.3) is 11.0 Å². The summed E-state index contributed by atoms with van der Waals surface area (Å²) in [5, 5.41) is 0.616. The highest BCUT2D eigenvalue weighted by Crippen LogP contribution is 2.31.